The van der Waals surface area contributed by atoms with Gasteiger partial charge in [-0.25, -0.2) is 4.79 Å². The molecule has 1 saturated carbocycles. The van der Waals surface area contributed by atoms with E-state index in [-0.39, 0.29) is 11.9 Å². The molecule has 0 bridgehead atoms. The number of aliphatic carboxylic acids is 1. The minimum atomic E-state index is -0.987. The van der Waals surface area contributed by atoms with Gasteiger partial charge in [0.2, 0.25) is 0 Å². The van der Waals surface area contributed by atoms with Gasteiger partial charge in [0.15, 0.2) is 0 Å². The van der Waals surface area contributed by atoms with Gasteiger partial charge in [0.1, 0.15) is 0 Å². The van der Waals surface area contributed by atoms with Crippen LogP contribution in [0.4, 0.5) is 0 Å². The molecule has 2 unspecified atom stereocenters. The van der Waals surface area contributed by atoms with Crippen LogP contribution in [0.1, 0.15) is 41.4 Å². The number of carboxylic acid groups (broad SMARTS) is 1. The normalized spacial score (nSPS) is 22.8. The third-order valence-electron chi connectivity index (χ3n) is 3.45. The van der Waals surface area contributed by atoms with Crippen LogP contribution in [-0.2, 0) is 4.79 Å². The van der Waals surface area contributed by atoms with Gasteiger partial charge in [-0.2, -0.15) is 0 Å². The van der Waals surface area contributed by atoms with Crippen LogP contribution >= 0.6 is 11.3 Å². The number of carbonyl (C=O) groups is 2. The van der Waals surface area contributed by atoms with E-state index in [2.05, 4.69) is 12.2 Å². The summed E-state index contributed by atoms with van der Waals surface area (Å²) in [5.74, 6) is -0.516. The predicted molar refractivity (Wildman–Crippen MR) is 75.3 cm³/mol. The van der Waals surface area contributed by atoms with Crippen LogP contribution in [0, 0.1) is 5.92 Å². The molecule has 1 aliphatic carbocycles. The zero-order valence-corrected chi connectivity index (χ0v) is 11.6. The van der Waals surface area contributed by atoms with Crippen molar-refractivity contribution in [3.63, 3.8) is 0 Å². The van der Waals surface area contributed by atoms with E-state index in [9.17, 15) is 9.59 Å². The van der Waals surface area contributed by atoms with Crippen LogP contribution in [0.5, 0.6) is 0 Å². The summed E-state index contributed by atoms with van der Waals surface area (Å²) in [6.07, 6.45) is 5.96. The molecule has 1 aromatic heterocycles. The van der Waals surface area contributed by atoms with E-state index in [0.717, 1.165) is 17.4 Å². The van der Waals surface area contributed by atoms with Crippen molar-refractivity contribution in [2.75, 3.05) is 0 Å². The molecule has 0 radical (unpaired) electrons. The third-order valence-corrected chi connectivity index (χ3v) is 4.35. The number of rotatable bonds is 4. The minimum absolute atomic E-state index is 0.0648. The number of thiophene rings is 1. The first-order chi connectivity index (χ1) is 9.06. The van der Waals surface area contributed by atoms with Gasteiger partial charge in [0.05, 0.1) is 5.56 Å². The van der Waals surface area contributed by atoms with Gasteiger partial charge in [-0.15, -0.1) is 11.3 Å². The van der Waals surface area contributed by atoms with Crippen LogP contribution in [-0.4, -0.2) is 23.0 Å². The number of nitrogens with one attached hydrogen (secondary N) is 1. The highest BCUT2D eigenvalue weighted by Gasteiger charge is 2.25. The van der Waals surface area contributed by atoms with Crippen LogP contribution in [0.3, 0.4) is 0 Å². The van der Waals surface area contributed by atoms with Crippen molar-refractivity contribution >= 4 is 29.3 Å². The Morgan fingerprint density at radius 3 is 2.89 bits per heavy atom. The highest BCUT2D eigenvalue weighted by Crippen LogP contribution is 2.25. The van der Waals surface area contributed by atoms with Gasteiger partial charge in [-0.05, 0) is 30.9 Å². The molecule has 1 heterocycles. The highest BCUT2D eigenvalue weighted by atomic mass is 32.1. The maximum atomic E-state index is 12.1. The first-order valence-corrected chi connectivity index (χ1v) is 7.24. The molecule has 0 aromatic carbocycles. The topological polar surface area (TPSA) is 66.4 Å². The fourth-order valence-electron chi connectivity index (χ4n) is 2.32. The Kier molecular flexibility index (Phi) is 4.37. The number of hydrogen-bond donors (Lipinski definition) is 2. The molecule has 102 valence electrons. The molecule has 1 aromatic rings. The van der Waals surface area contributed by atoms with E-state index in [0.29, 0.717) is 11.5 Å². The fourth-order valence-corrected chi connectivity index (χ4v) is 3.10. The molecule has 1 fully saturated rings. The zero-order valence-electron chi connectivity index (χ0n) is 10.8. The molecule has 2 N–H and O–H groups in total. The van der Waals surface area contributed by atoms with Crippen LogP contribution in [0.2, 0.25) is 0 Å². The summed E-state index contributed by atoms with van der Waals surface area (Å²) in [7, 11) is 0. The van der Waals surface area contributed by atoms with Gasteiger partial charge in [-0.1, -0.05) is 13.3 Å². The lowest BCUT2D eigenvalue weighted by molar-refractivity contribution is -0.131. The Labute approximate surface area is 116 Å². The summed E-state index contributed by atoms with van der Waals surface area (Å²) in [4.78, 5) is 23.2. The van der Waals surface area contributed by atoms with Crippen molar-refractivity contribution in [3.8, 4) is 0 Å². The molecule has 1 amide bonds. The average molecular weight is 279 g/mol. The summed E-state index contributed by atoms with van der Waals surface area (Å²) in [5, 5.41) is 13.4. The smallest absolute Gasteiger partial charge is 0.328 e. The SMILES string of the molecule is CC1CCCC1NC(=O)c1csc(C=CC(=O)O)c1. The van der Waals surface area contributed by atoms with Crippen molar-refractivity contribution in [1.82, 2.24) is 5.32 Å². The van der Waals surface area contributed by atoms with Crippen molar-refractivity contribution < 1.29 is 14.7 Å². The van der Waals surface area contributed by atoms with Crippen LogP contribution < -0.4 is 5.32 Å². The summed E-state index contributed by atoms with van der Waals surface area (Å²) in [6, 6.07) is 1.99. The van der Waals surface area contributed by atoms with E-state index >= 15 is 0 Å². The predicted octanol–water partition coefficient (Wildman–Crippen LogP) is 2.76. The van der Waals surface area contributed by atoms with E-state index in [1.165, 1.54) is 30.3 Å². The summed E-state index contributed by atoms with van der Waals surface area (Å²) >= 11 is 1.37. The van der Waals surface area contributed by atoms with Crippen molar-refractivity contribution in [1.29, 1.82) is 0 Å². The first-order valence-electron chi connectivity index (χ1n) is 6.36. The molecule has 4 nitrogen and oxygen atoms in total. The van der Waals surface area contributed by atoms with E-state index in [4.69, 9.17) is 5.11 Å². The first kappa shape index (κ1) is 13.8. The minimum Gasteiger partial charge on any atom is -0.478 e. The molecular formula is C14H17NO3S. The summed E-state index contributed by atoms with van der Waals surface area (Å²) < 4.78 is 0. The molecule has 1 aliphatic rings. The second kappa shape index (κ2) is 6.02. The Bertz CT molecular complexity index is 507. The van der Waals surface area contributed by atoms with Gasteiger partial charge in [-0.3, -0.25) is 4.79 Å². The number of hydrogen-bond acceptors (Lipinski definition) is 3. The highest BCUT2D eigenvalue weighted by molar-refractivity contribution is 7.11. The third kappa shape index (κ3) is 3.67. The van der Waals surface area contributed by atoms with Gasteiger partial charge in [0.25, 0.3) is 5.91 Å². The Balaban J connectivity index is 1.98. The van der Waals surface area contributed by atoms with E-state index in [1.807, 2.05) is 0 Å². The van der Waals surface area contributed by atoms with Gasteiger partial charge in [0, 0.05) is 22.4 Å². The molecule has 0 spiro atoms. The molecular weight excluding hydrogens is 262 g/mol. The van der Waals surface area contributed by atoms with Crippen molar-refractivity contribution in [3.05, 3.63) is 28.0 Å². The molecule has 19 heavy (non-hydrogen) atoms. The van der Waals surface area contributed by atoms with Crippen molar-refractivity contribution in [2.24, 2.45) is 5.92 Å². The van der Waals surface area contributed by atoms with Crippen LogP contribution in [0.15, 0.2) is 17.5 Å². The molecule has 0 aliphatic heterocycles. The summed E-state index contributed by atoms with van der Waals surface area (Å²) in [5.41, 5.74) is 0.606. The quantitative estimate of drug-likeness (QED) is 0.833. The lowest BCUT2D eigenvalue weighted by atomic mass is 10.1. The zero-order chi connectivity index (χ0) is 13.8. The number of amides is 1. The Morgan fingerprint density at radius 2 is 2.26 bits per heavy atom. The molecule has 5 heteroatoms. The van der Waals surface area contributed by atoms with Gasteiger partial charge < -0.3 is 10.4 Å². The summed E-state index contributed by atoms with van der Waals surface area (Å²) in [6.45, 7) is 2.16. The monoisotopic (exact) mass is 279 g/mol. The molecule has 0 saturated heterocycles. The molecule has 2 rings (SSSR count). The van der Waals surface area contributed by atoms with Crippen LogP contribution in [0.25, 0.3) is 6.08 Å². The largest absolute Gasteiger partial charge is 0.478 e. The Morgan fingerprint density at radius 1 is 1.47 bits per heavy atom. The Hall–Kier alpha value is -1.62. The lowest BCUT2D eigenvalue weighted by Gasteiger charge is -2.16. The van der Waals surface area contributed by atoms with E-state index < -0.39 is 5.97 Å². The second-order valence-electron chi connectivity index (χ2n) is 4.90. The lowest BCUT2D eigenvalue weighted by Crippen LogP contribution is -2.36. The van der Waals surface area contributed by atoms with E-state index in [1.54, 1.807) is 11.4 Å². The maximum absolute atomic E-state index is 12.1. The average Bonchev–Trinajstić information content (AvgIpc) is 2.97. The fraction of sp³-hybridized carbons (Fsp3) is 0.429. The molecule has 2 atom stereocenters. The number of carbonyl (C=O) groups excluding carboxylic acids is 1. The standard InChI is InChI=1S/C14H17NO3S/c1-9-3-2-4-12(9)15-14(18)10-7-11(19-8-10)5-6-13(16)17/h5-9,12H,2-4H2,1H3,(H,15,18)(H,16,17). The number of carboxylic acids is 1. The van der Waals surface area contributed by atoms with Crippen molar-refractivity contribution in [2.45, 2.75) is 32.2 Å². The maximum Gasteiger partial charge on any atom is 0.328 e. The van der Waals surface area contributed by atoms with Gasteiger partial charge >= 0.3 is 5.97 Å². The second-order valence-corrected chi connectivity index (χ2v) is 5.84.